The van der Waals surface area contributed by atoms with Crippen LogP contribution in [-0.2, 0) is 9.59 Å². The summed E-state index contributed by atoms with van der Waals surface area (Å²) in [6, 6.07) is 0. The van der Waals surface area contributed by atoms with Crippen molar-refractivity contribution in [1.82, 2.24) is 10.2 Å². The molecule has 4 nitrogen and oxygen atoms in total. The van der Waals surface area contributed by atoms with Gasteiger partial charge < -0.3 is 10.2 Å². The number of hydrogen-bond donors (Lipinski definition) is 1. The van der Waals surface area contributed by atoms with Gasteiger partial charge >= 0.3 is 0 Å². The molecule has 1 aliphatic carbocycles. The van der Waals surface area contributed by atoms with Crippen LogP contribution >= 0.6 is 0 Å². The number of carbonyl (C=O) groups is 2. The molecule has 0 bridgehead atoms. The number of hydrogen-bond acceptors (Lipinski definition) is 2. The summed E-state index contributed by atoms with van der Waals surface area (Å²) in [6.07, 6.45) is 6.74. The van der Waals surface area contributed by atoms with Crippen LogP contribution in [-0.4, -0.2) is 36.9 Å². The quantitative estimate of drug-likeness (QED) is 0.758. The zero-order chi connectivity index (χ0) is 11.6. The summed E-state index contributed by atoms with van der Waals surface area (Å²) < 4.78 is 0. The third kappa shape index (κ3) is 2.20. The van der Waals surface area contributed by atoms with Crippen molar-refractivity contribution in [2.75, 3.05) is 20.1 Å². The molecule has 0 aromatic heterocycles. The first-order valence-electron chi connectivity index (χ1n) is 6.14. The van der Waals surface area contributed by atoms with Crippen LogP contribution in [0.4, 0.5) is 0 Å². The molecule has 1 N–H and O–H groups in total. The Morgan fingerprint density at radius 1 is 1.38 bits per heavy atom. The highest BCUT2D eigenvalue weighted by atomic mass is 16.2. The Bertz CT molecular complexity index is 295. The van der Waals surface area contributed by atoms with E-state index in [0.29, 0.717) is 6.42 Å². The summed E-state index contributed by atoms with van der Waals surface area (Å²) in [5, 5.41) is 2.57. The van der Waals surface area contributed by atoms with Crippen LogP contribution in [0.2, 0.25) is 0 Å². The van der Waals surface area contributed by atoms with Crippen molar-refractivity contribution in [2.45, 2.75) is 38.5 Å². The molecular weight excluding hydrogens is 204 g/mol. The number of carbonyl (C=O) groups excluding carboxylic acids is 2. The topological polar surface area (TPSA) is 49.4 Å². The summed E-state index contributed by atoms with van der Waals surface area (Å²) >= 11 is 0. The highest BCUT2D eigenvalue weighted by Crippen LogP contribution is 2.43. The van der Waals surface area contributed by atoms with Gasteiger partial charge in [-0.2, -0.15) is 0 Å². The fourth-order valence-electron chi connectivity index (χ4n) is 3.01. The smallest absolute Gasteiger partial charge is 0.239 e. The van der Waals surface area contributed by atoms with E-state index in [1.165, 1.54) is 19.3 Å². The molecule has 2 fully saturated rings. The van der Waals surface area contributed by atoms with Crippen LogP contribution in [0, 0.1) is 5.41 Å². The van der Waals surface area contributed by atoms with E-state index in [1.54, 1.807) is 11.9 Å². The van der Waals surface area contributed by atoms with Crippen LogP contribution in [0.1, 0.15) is 38.5 Å². The van der Waals surface area contributed by atoms with Gasteiger partial charge in [0.05, 0.1) is 6.54 Å². The molecule has 2 aliphatic rings. The molecule has 4 heteroatoms. The Kier molecular flexibility index (Phi) is 3.17. The number of nitrogens with one attached hydrogen (secondary N) is 1. The van der Waals surface area contributed by atoms with E-state index >= 15 is 0 Å². The fraction of sp³-hybridized carbons (Fsp3) is 0.833. The van der Waals surface area contributed by atoms with Gasteiger partial charge in [-0.25, -0.2) is 0 Å². The molecule has 1 saturated heterocycles. The molecule has 1 aliphatic heterocycles. The van der Waals surface area contributed by atoms with Gasteiger partial charge in [0.25, 0.3) is 0 Å². The van der Waals surface area contributed by atoms with E-state index < -0.39 is 0 Å². The molecule has 2 rings (SSSR count). The first-order valence-corrected chi connectivity index (χ1v) is 6.14. The standard InChI is InChI=1S/C12H20N2O2/c1-13-10(15)8-14-9-12(7-11(14)16)5-3-2-4-6-12/h2-9H2,1H3,(H,13,15). The highest BCUT2D eigenvalue weighted by Gasteiger charge is 2.43. The lowest BCUT2D eigenvalue weighted by Gasteiger charge is -2.32. The second-order valence-corrected chi connectivity index (χ2v) is 5.16. The minimum Gasteiger partial charge on any atom is -0.358 e. The highest BCUT2D eigenvalue weighted by molar-refractivity contribution is 5.86. The zero-order valence-corrected chi connectivity index (χ0v) is 9.92. The summed E-state index contributed by atoms with van der Waals surface area (Å²) in [7, 11) is 1.61. The van der Waals surface area contributed by atoms with E-state index in [9.17, 15) is 9.59 Å². The fourth-order valence-corrected chi connectivity index (χ4v) is 3.01. The molecule has 1 saturated carbocycles. The maximum atomic E-state index is 11.8. The lowest BCUT2D eigenvalue weighted by atomic mass is 9.73. The average molecular weight is 224 g/mol. The summed E-state index contributed by atoms with van der Waals surface area (Å²) in [6.45, 7) is 1.02. The Morgan fingerprint density at radius 2 is 2.06 bits per heavy atom. The molecular formula is C12H20N2O2. The van der Waals surface area contributed by atoms with Crippen molar-refractivity contribution in [3.63, 3.8) is 0 Å². The van der Waals surface area contributed by atoms with Gasteiger partial charge in [-0.15, -0.1) is 0 Å². The lowest BCUT2D eigenvalue weighted by Crippen LogP contribution is -2.37. The van der Waals surface area contributed by atoms with Crippen molar-refractivity contribution in [2.24, 2.45) is 5.41 Å². The van der Waals surface area contributed by atoms with E-state index in [4.69, 9.17) is 0 Å². The molecule has 1 spiro atoms. The third-order valence-electron chi connectivity index (χ3n) is 3.93. The third-order valence-corrected chi connectivity index (χ3v) is 3.93. The second-order valence-electron chi connectivity index (χ2n) is 5.16. The Labute approximate surface area is 96.4 Å². The molecule has 0 aromatic rings. The largest absolute Gasteiger partial charge is 0.358 e. The van der Waals surface area contributed by atoms with Crippen LogP contribution < -0.4 is 5.32 Å². The van der Waals surface area contributed by atoms with E-state index in [0.717, 1.165) is 19.4 Å². The monoisotopic (exact) mass is 224 g/mol. The molecule has 1 heterocycles. The van der Waals surface area contributed by atoms with Crippen molar-refractivity contribution in [3.8, 4) is 0 Å². The molecule has 16 heavy (non-hydrogen) atoms. The van der Waals surface area contributed by atoms with Crippen LogP contribution in [0.15, 0.2) is 0 Å². The van der Waals surface area contributed by atoms with Gasteiger partial charge in [0.1, 0.15) is 0 Å². The number of rotatable bonds is 2. The molecule has 0 radical (unpaired) electrons. The number of amides is 2. The Hall–Kier alpha value is -1.06. The summed E-state index contributed by atoms with van der Waals surface area (Å²) in [5.41, 5.74) is 0.198. The number of likely N-dealkylation sites (tertiary alicyclic amines) is 1. The van der Waals surface area contributed by atoms with E-state index in [-0.39, 0.29) is 23.8 Å². The minimum atomic E-state index is -0.0683. The maximum Gasteiger partial charge on any atom is 0.239 e. The van der Waals surface area contributed by atoms with Crippen molar-refractivity contribution >= 4 is 11.8 Å². The lowest BCUT2D eigenvalue weighted by molar-refractivity contribution is -0.132. The zero-order valence-electron chi connectivity index (χ0n) is 9.92. The van der Waals surface area contributed by atoms with Gasteiger partial charge in [0.15, 0.2) is 0 Å². The molecule has 0 atom stereocenters. The second kappa shape index (κ2) is 4.44. The molecule has 2 amide bonds. The minimum absolute atomic E-state index is 0.0683. The Balaban J connectivity index is 1.97. The first kappa shape index (κ1) is 11.4. The SMILES string of the molecule is CNC(=O)CN1CC2(CCCCC2)CC1=O. The summed E-state index contributed by atoms with van der Waals surface area (Å²) in [4.78, 5) is 24.9. The predicted molar refractivity (Wildman–Crippen MR) is 60.8 cm³/mol. The van der Waals surface area contributed by atoms with Gasteiger partial charge in [0.2, 0.25) is 11.8 Å². The van der Waals surface area contributed by atoms with Crippen molar-refractivity contribution in [3.05, 3.63) is 0 Å². The predicted octanol–water partition coefficient (Wildman–Crippen LogP) is 0.915. The Morgan fingerprint density at radius 3 is 2.69 bits per heavy atom. The van der Waals surface area contributed by atoms with E-state index in [2.05, 4.69) is 5.32 Å². The van der Waals surface area contributed by atoms with Crippen LogP contribution in [0.5, 0.6) is 0 Å². The summed E-state index contributed by atoms with van der Waals surface area (Å²) in [5.74, 6) is 0.0895. The normalized spacial score (nSPS) is 23.8. The van der Waals surface area contributed by atoms with E-state index in [1.807, 2.05) is 0 Å². The van der Waals surface area contributed by atoms with Gasteiger partial charge in [0, 0.05) is 20.0 Å². The van der Waals surface area contributed by atoms with Crippen LogP contribution in [0.3, 0.4) is 0 Å². The number of likely N-dealkylation sites (N-methyl/N-ethyl adjacent to an activating group) is 1. The average Bonchev–Trinajstić information content (AvgIpc) is 2.56. The molecule has 0 unspecified atom stereocenters. The number of nitrogens with zero attached hydrogens (tertiary/aromatic N) is 1. The molecule has 90 valence electrons. The van der Waals surface area contributed by atoms with Crippen molar-refractivity contribution in [1.29, 1.82) is 0 Å². The molecule has 0 aromatic carbocycles. The first-order chi connectivity index (χ1) is 7.65. The van der Waals surface area contributed by atoms with Gasteiger partial charge in [-0.3, -0.25) is 9.59 Å². The maximum absolute atomic E-state index is 11.8. The van der Waals surface area contributed by atoms with Gasteiger partial charge in [-0.05, 0) is 18.3 Å². The van der Waals surface area contributed by atoms with Crippen LogP contribution in [0.25, 0.3) is 0 Å². The van der Waals surface area contributed by atoms with Crippen molar-refractivity contribution < 1.29 is 9.59 Å². The van der Waals surface area contributed by atoms with Gasteiger partial charge in [-0.1, -0.05) is 19.3 Å².